The summed E-state index contributed by atoms with van der Waals surface area (Å²) in [6.07, 6.45) is 3.94. The molecule has 0 bridgehead atoms. The lowest BCUT2D eigenvalue weighted by Crippen LogP contribution is -2.40. The van der Waals surface area contributed by atoms with Crippen molar-refractivity contribution in [3.63, 3.8) is 0 Å². The van der Waals surface area contributed by atoms with Crippen LogP contribution in [0.15, 0.2) is 40.6 Å². The third-order valence-electron chi connectivity index (χ3n) is 4.56. The van der Waals surface area contributed by atoms with Gasteiger partial charge in [-0.05, 0) is 37.1 Å². The second kappa shape index (κ2) is 8.19. The monoisotopic (exact) mass is 423 g/mol. The first kappa shape index (κ1) is 19.4. The molecular formula is C17H21N5O4S2. The molecule has 11 heteroatoms. The number of ether oxygens (including phenoxy) is 1. The Morgan fingerprint density at radius 3 is 2.61 bits per heavy atom. The molecule has 0 radical (unpaired) electrons. The van der Waals surface area contributed by atoms with Gasteiger partial charge in [-0.15, -0.1) is 10.2 Å². The van der Waals surface area contributed by atoms with Crippen LogP contribution in [0.25, 0.3) is 0 Å². The molecule has 2 aliphatic rings. The van der Waals surface area contributed by atoms with E-state index in [0.717, 1.165) is 18.0 Å². The van der Waals surface area contributed by atoms with Crippen molar-refractivity contribution in [2.75, 3.05) is 37.4 Å². The number of morpholine rings is 1. The number of nitrogens with zero attached hydrogens (tertiary/aromatic N) is 4. The van der Waals surface area contributed by atoms with Crippen LogP contribution < -0.4 is 5.32 Å². The highest BCUT2D eigenvalue weighted by atomic mass is 32.2. The molecule has 0 unspecified atom stereocenters. The highest BCUT2D eigenvalue weighted by molar-refractivity contribution is 7.99. The Bertz CT molecular complexity index is 935. The first-order valence-electron chi connectivity index (χ1n) is 9.04. The molecule has 2 aromatic rings. The van der Waals surface area contributed by atoms with Gasteiger partial charge in [-0.1, -0.05) is 11.8 Å². The molecule has 0 atom stereocenters. The fourth-order valence-corrected chi connectivity index (χ4v) is 5.10. The Balaban J connectivity index is 1.33. The van der Waals surface area contributed by atoms with Crippen LogP contribution in [-0.4, -0.2) is 65.5 Å². The predicted octanol–water partition coefficient (Wildman–Crippen LogP) is 1.36. The Kier molecular flexibility index (Phi) is 5.67. The summed E-state index contributed by atoms with van der Waals surface area (Å²) in [5.41, 5.74) is 0.551. The third kappa shape index (κ3) is 4.37. The minimum absolute atomic E-state index is 0.181. The number of amides is 1. The fourth-order valence-electron chi connectivity index (χ4n) is 2.91. The minimum atomic E-state index is -3.54. The Morgan fingerprint density at radius 1 is 1.21 bits per heavy atom. The van der Waals surface area contributed by atoms with Crippen LogP contribution in [0.2, 0.25) is 0 Å². The van der Waals surface area contributed by atoms with Crippen LogP contribution in [-0.2, 0) is 19.6 Å². The molecule has 2 fully saturated rings. The van der Waals surface area contributed by atoms with E-state index in [0.29, 0.717) is 38.0 Å². The lowest BCUT2D eigenvalue weighted by molar-refractivity contribution is -0.113. The van der Waals surface area contributed by atoms with Gasteiger partial charge in [0.2, 0.25) is 15.9 Å². The van der Waals surface area contributed by atoms with Gasteiger partial charge in [0.1, 0.15) is 6.33 Å². The number of anilines is 1. The average molecular weight is 424 g/mol. The van der Waals surface area contributed by atoms with Crippen LogP contribution in [0, 0.1) is 0 Å². The van der Waals surface area contributed by atoms with Crippen molar-refractivity contribution in [1.82, 2.24) is 19.1 Å². The summed E-state index contributed by atoms with van der Waals surface area (Å²) in [6, 6.07) is 6.68. The number of benzene rings is 1. The molecule has 1 saturated carbocycles. The van der Waals surface area contributed by atoms with E-state index >= 15 is 0 Å². The second-order valence-corrected chi connectivity index (χ2v) is 9.51. The number of hydrogen-bond donors (Lipinski definition) is 1. The molecule has 1 saturated heterocycles. The first-order valence-corrected chi connectivity index (χ1v) is 11.5. The lowest BCUT2D eigenvalue weighted by atomic mass is 10.3. The molecule has 9 nitrogen and oxygen atoms in total. The van der Waals surface area contributed by atoms with E-state index in [2.05, 4.69) is 15.5 Å². The van der Waals surface area contributed by atoms with Crippen LogP contribution in [0.4, 0.5) is 5.69 Å². The van der Waals surface area contributed by atoms with E-state index in [4.69, 9.17) is 4.74 Å². The SMILES string of the molecule is O=C(CSc1nncn1C1CC1)Nc1ccc(S(=O)(=O)N2CCOCC2)cc1. The maximum Gasteiger partial charge on any atom is 0.243 e. The summed E-state index contributed by atoms with van der Waals surface area (Å²) < 4.78 is 33.8. The van der Waals surface area contributed by atoms with E-state index in [-0.39, 0.29) is 16.6 Å². The van der Waals surface area contributed by atoms with Crippen LogP contribution in [0.1, 0.15) is 18.9 Å². The smallest absolute Gasteiger partial charge is 0.243 e. The average Bonchev–Trinajstić information content (AvgIpc) is 3.45. The van der Waals surface area contributed by atoms with Gasteiger partial charge in [0, 0.05) is 24.8 Å². The van der Waals surface area contributed by atoms with Crippen molar-refractivity contribution in [3.8, 4) is 0 Å². The number of carbonyl (C=O) groups is 1. The highest BCUT2D eigenvalue weighted by Gasteiger charge is 2.27. The number of hydrogen-bond acceptors (Lipinski definition) is 7. The minimum Gasteiger partial charge on any atom is -0.379 e. The topological polar surface area (TPSA) is 106 Å². The molecule has 28 heavy (non-hydrogen) atoms. The summed E-state index contributed by atoms with van der Waals surface area (Å²) >= 11 is 1.34. The van der Waals surface area contributed by atoms with Crippen molar-refractivity contribution in [3.05, 3.63) is 30.6 Å². The predicted molar refractivity (Wildman–Crippen MR) is 104 cm³/mol. The van der Waals surface area contributed by atoms with E-state index in [9.17, 15) is 13.2 Å². The molecule has 4 rings (SSSR count). The lowest BCUT2D eigenvalue weighted by Gasteiger charge is -2.26. The number of aromatic nitrogens is 3. The van der Waals surface area contributed by atoms with Crippen molar-refractivity contribution in [1.29, 1.82) is 0 Å². The fraction of sp³-hybridized carbons (Fsp3) is 0.471. The van der Waals surface area contributed by atoms with Gasteiger partial charge in [0.05, 0.1) is 23.9 Å². The van der Waals surface area contributed by atoms with Gasteiger partial charge in [0.25, 0.3) is 0 Å². The van der Waals surface area contributed by atoms with Crippen molar-refractivity contribution in [2.45, 2.75) is 28.9 Å². The molecule has 150 valence electrons. The standard InChI is InChI=1S/C17H21N5O4S2/c23-16(11-27-17-20-18-12-22(17)14-3-4-14)19-13-1-5-15(6-2-13)28(24,25)21-7-9-26-10-8-21/h1-2,5-6,12,14H,3-4,7-11H2,(H,19,23). The molecule has 0 spiro atoms. The number of sulfonamides is 1. The van der Waals surface area contributed by atoms with Crippen LogP contribution in [0.5, 0.6) is 0 Å². The molecule has 1 aliphatic carbocycles. The quantitative estimate of drug-likeness (QED) is 0.670. The van der Waals surface area contributed by atoms with Crippen LogP contribution in [0.3, 0.4) is 0 Å². The number of carbonyl (C=O) groups excluding carboxylic acids is 1. The molecule has 2 heterocycles. The van der Waals surface area contributed by atoms with E-state index < -0.39 is 10.0 Å². The van der Waals surface area contributed by atoms with Crippen molar-refractivity contribution >= 4 is 33.4 Å². The number of nitrogens with one attached hydrogen (secondary N) is 1. The zero-order valence-corrected chi connectivity index (χ0v) is 16.8. The van der Waals surface area contributed by atoms with Gasteiger partial charge in [0.15, 0.2) is 5.16 Å². The summed E-state index contributed by atoms with van der Waals surface area (Å²) in [7, 11) is -3.54. The molecule has 1 aromatic carbocycles. The first-order chi connectivity index (χ1) is 13.5. The summed E-state index contributed by atoms with van der Waals surface area (Å²) in [5.74, 6) is 0.0262. The molecule has 1 N–H and O–H groups in total. The Morgan fingerprint density at radius 2 is 1.93 bits per heavy atom. The summed E-state index contributed by atoms with van der Waals surface area (Å²) in [4.78, 5) is 12.4. The van der Waals surface area contributed by atoms with Gasteiger partial charge < -0.3 is 14.6 Å². The zero-order chi connectivity index (χ0) is 19.6. The summed E-state index contributed by atoms with van der Waals surface area (Å²) in [5, 5.41) is 11.5. The largest absolute Gasteiger partial charge is 0.379 e. The second-order valence-electron chi connectivity index (χ2n) is 6.63. The maximum absolute atomic E-state index is 12.6. The Labute approximate surface area is 167 Å². The van der Waals surface area contributed by atoms with Gasteiger partial charge >= 0.3 is 0 Å². The summed E-state index contributed by atoms with van der Waals surface area (Å²) in [6.45, 7) is 1.51. The van der Waals surface area contributed by atoms with E-state index in [1.165, 1.54) is 28.2 Å². The highest BCUT2D eigenvalue weighted by Crippen LogP contribution is 2.37. The number of thioether (sulfide) groups is 1. The van der Waals surface area contributed by atoms with Crippen molar-refractivity contribution < 1.29 is 17.9 Å². The molecule has 1 aromatic heterocycles. The van der Waals surface area contributed by atoms with Crippen molar-refractivity contribution in [2.24, 2.45) is 0 Å². The van der Waals surface area contributed by atoms with Gasteiger partial charge in [-0.2, -0.15) is 4.31 Å². The third-order valence-corrected chi connectivity index (χ3v) is 7.43. The van der Waals surface area contributed by atoms with Gasteiger partial charge in [-0.3, -0.25) is 4.79 Å². The van der Waals surface area contributed by atoms with Crippen LogP contribution >= 0.6 is 11.8 Å². The van der Waals surface area contributed by atoms with E-state index in [1.54, 1.807) is 18.5 Å². The molecule has 1 aliphatic heterocycles. The zero-order valence-electron chi connectivity index (χ0n) is 15.2. The van der Waals surface area contributed by atoms with E-state index in [1.807, 2.05) is 4.57 Å². The van der Waals surface area contributed by atoms with Gasteiger partial charge in [-0.25, -0.2) is 8.42 Å². The Hall–Kier alpha value is -1.95. The normalized spacial score (nSPS) is 18.1. The number of rotatable bonds is 7. The maximum atomic E-state index is 12.6. The molecule has 1 amide bonds. The molecular weight excluding hydrogens is 402 g/mol.